The number of amides is 3. The van der Waals surface area contributed by atoms with E-state index >= 15 is 0 Å². The number of hydrogen-bond donors (Lipinski definition) is 2. The molecule has 1 aromatic carbocycles. The van der Waals surface area contributed by atoms with Crippen LogP contribution in [0.25, 0.3) is 0 Å². The molecule has 2 heterocycles. The van der Waals surface area contributed by atoms with E-state index in [1.165, 1.54) is 5.06 Å². The van der Waals surface area contributed by atoms with Crippen molar-refractivity contribution in [1.82, 2.24) is 14.9 Å². The maximum absolute atomic E-state index is 12.8. The molecule has 0 radical (unpaired) electrons. The Bertz CT molecular complexity index is 1040. The summed E-state index contributed by atoms with van der Waals surface area (Å²) in [6.45, 7) is 2.09. The Balaban J connectivity index is 1.19. The first-order valence-corrected chi connectivity index (χ1v) is 12.7. The number of piperidine rings is 1. The van der Waals surface area contributed by atoms with Gasteiger partial charge in [-0.1, -0.05) is 11.6 Å². The van der Waals surface area contributed by atoms with Crippen LogP contribution in [0.4, 0.5) is 23.7 Å². The largest absolute Gasteiger partial charge is 0.430 e. The average Bonchev–Trinajstić information content (AvgIpc) is 3.62. The van der Waals surface area contributed by atoms with E-state index in [9.17, 15) is 32.7 Å². The Morgan fingerprint density at radius 3 is 2.57 bits per heavy atom. The topological polar surface area (TPSA) is 102 Å². The fourth-order valence-electron chi connectivity index (χ4n) is 4.82. The minimum Gasteiger partial charge on any atom is -0.391 e. The van der Waals surface area contributed by atoms with E-state index in [2.05, 4.69) is 5.32 Å². The van der Waals surface area contributed by atoms with E-state index < -0.39 is 29.0 Å². The van der Waals surface area contributed by atoms with Crippen LogP contribution >= 0.6 is 11.6 Å². The van der Waals surface area contributed by atoms with Crippen LogP contribution in [0, 0.1) is 5.41 Å². The molecule has 9 nitrogen and oxygen atoms in total. The van der Waals surface area contributed by atoms with Crippen LogP contribution in [-0.2, 0) is 20.6 Å². The maximum atomic E-state index is 12.8. The van der Waals surface area contributed by atoms with Crippen LogP contribution in [0.3, 0.4) is 0 Å². The van der Waals surface area contributed by atoms with Crippen LogP contribution < -0.4 is 5.32 Å². The summed E-state index contributed by atoms with van der Waals surface area (Å²) in [4.78, 5) is 45.8. The van der Waals surface area contributed by atoms with Gasteiger partial charge in [-0.3, -0.25) is 14.9 Å². The normalized spacial score (nSPS) is 22.1. The second-order valence-electron chi connectivity index (χ2n) is 9.83. The van der Waals surface area contributed by atoms with E-state index in [1.807, 2.05) is 0 Å². The lowest BCUT2D eigenvalue weighted by atomic mass is 9.90. The molecule has 1 spiro atoms. The number of likely N-dealkylation sites (tertiary alicyclic amines) is 1. The zero-order valence-electron chi connectivity index (χ0n) is 20.2. The van der Waals surface area contributed by atoms with E-state index in [4.69, 9.17) is 16.4 Å². The number of hydrogen-bond acceptors (Lipinski definition) is 6. The second-order valence-corrected chi connectivity index (χ2v) is 10.2. The zero-order valence-corrected chi connectivity index (χ0v) is 21.0. The number of carbonyl (C=O) groups excluding carboxylic acids is 3. The number of β-amino-alcohol motifs (C(OH)–C–C–N with tert-alkyl or cyclic N) is 1. The van der Waals surface area contributed by atoms with Crippen molar-refractivity contribution in [3.05, 3.63) is 28.8 Å². The third-order valence-corrected chi connectivity index (χ3v) is 7.64. The van der Waals surface area contributed by atoms with Crippen LogP contribution in [0.5, 0.6) is 0 Å². The molecule has 1 atom stereocenters. The Morgan fingerprint density at radius 2 is 1.92 bits per heavy atom. The molecule has 0 bridgehead atoms. The smallest absolute Gasteiger partial charge is 0.391 e. The summed E-state index contributed by atoms with van der Waals surface area (Å²) in [5.41, 5.74) is -0.944. The molecule has 0 unspecified atom stereocenters. The first kappa shape index (κ1) is 27.5. The molecule has 2 N–H and O–H groups in total. The number of rotatable bonds is 6. The van der Waals surface area contributed by atoms with E-state index in [-0.39, 0.29) is 55.4 Å². The molecule has 4 rings (SSSR count). The van der Waals surface area contributed by atoms with Crippen molar-refractivity contribution >= 4 is 35.2 Å². The SMILES string of the molecule is O=C(Nc1ccc(C(F)(F)F)c(Cl)c1)ON1CCC(=O)N(CCCC(=O)N2CCC3(CC3)[C@H](O)C2)CC1. The number of hydroxylamine groups is 2. The molecular formula is C24H30ClF3N4O5. The van der Waals surface area contributed by atoms with Gasteiger partial charge in [0, 0.05) is 51.3 Å². The quantitative estimate of drug-likeness (QED) is 0.566. The third-order valence-electron chi connectivity index (χ3n) is 7.32. The molecule has 13 heteroatoms. The monoisotopic (exact) mass is 546 g/mol. The fourth-order valence-corrected chi connectivity index (χ4v) is 5.11. The molecule has 3 fully saturated rings. The molecule has 3 aliphatic rings. The first-order valence-electron chi connectivity index (χ1n) is 12.3. The zero-order chi connectivity index (χ0) is 26.8. The molecule has 2 saturated heterocycles. The summed E-state index contributed by atoms with van der Waals surface area (Å²) >= 11 is 5.67. The van der Waals surface area contributed by atoms with Gasteiger partial charge in [0.1, 0.15) is 0 Å². The van der Waals surface area contributed by atoms with E-state index in [0.717, 1.165) is 37.5 Å². The molecule has 1 saturated carbocycles. The predicted octanol–water partition coefficient (Wildman–Crippen LogP) is 3.51. The van der Waals surface area contributed by atoms with Gasteiger partial charge in [0.15, 0.2) is 0 Å². The molecule has 0 aromatic heterocycles. The number of nitrogens with zero attached hydrogens (tertiary/aromatic N) is 3. The number of carbonyl (C=O) groups is 3. The van der Waals surface area contributed by atoms with E-state index in [0.29, 0.717) is 26.1 Å². The van der Waals surface area contributed by atoms with Gasteiger partial charge in [0.25, 0.3) is 0 Å². The van der Waals surface area contributed by atoms with Gasteiger partial charge in [-0.2, -0.15) is 13.2 Å². The minimum atomic E-state index is -4.61. The lowest BCUT2D eigenvalue weighted by Gasteiger charge is -2.36. The maximum Gasteiger partial charge on any atom is 0.430 e. The predicted molar refractivity (Wildman–Crippen MR) is 127 cm³/mol. The van der Waals surface area contributed by atoms with Gasteiger partial charge in [-0.05, 0) is 49.3 Å². The summed E-state index contributed by atoms with van der Waals surface area (Å²) in [6, 6.07) is 2.82. The highest BCUT2D eigenvalue weighted by Crippen LogP contribution is 2.53. The number of halogens is 4. The molecule has 1 aliphatic carbocycles. The lowest BCUT2D eigenvalue weighted by Crippen LogP contribution is -2.47. The van der Waals surface area contributed by atoms with Gasteiger partial charge >= 0.3 is 12.3 Å². The number of aliphatic hydroxyl groups is 1. The van der Waals surface area contributed by atoms with Crippen molar-refractivity contribution in [2.45, 2.75) is 50.8 Å². The second kappa shape index (κ2) is 11.0. The van der Waals surface area contributed by atoms with Gasteiger partial charge < -0.3 is 19.7 Å². The Kier molecular flexibility index (Phi) is 8.20. The lowest BCUT2D eigenvalue weighted by molar-refractivity contribution is -0.137. The highest BCUT2D eigenvalue weighted by atomic mass is 35.5. The molecule has 37 heavy (non-hydrogen) atoms. The summed E-state index contributed by atoms with van der Waals surface area (Å²) in [7, 11) is 0. The van der Waals surface area contributed by atoms with Crippen LogP contribution in [0.1, 0.15) is 44.1 Å². The molecule has 3 amide bonds. The van der Waals surface area contributed by atoms with Crippen molar-refractivity contribution in [3.63, 3.8) is 0 Å². The molecule has 204 valence electrons. The number of benzene rings is 1. The van der Waals surface area contributed by atoms with Crippen molar-refractivity contribution in [2.75, 3.05) is 44.6 Å². The highest BCUT2D eigenvalue weighted by molar-refractivity contribution is 6.31. The summed E-state index contributed by atoms with van der Waals surface area (Å²) in [5.74, 6) is -0.153. The molecule has 1 aromatic rings. The number of aliphatic hydroxyl groups excluding tert-OH is 1. The highest BCUT2D eigenvalue weighted by Gasteiger charge is 2.51. The number of nitrogens with one attached hydrogen (secondary N) is 1. The van der Waals surface area contributed by atoms with E-state index in [1.54, 1.807) is 9.80 Å². The number of alkyl halides is 3. The standard InChI is InChI=1S/C24H30ClF3N4O5/c25-18-14-16(3-4-17(18)24(26,27)28)29-22(36)37-32-10-5-21(35)30(12-13-32)9-1-2-20(34)31-11-8-23(6-7-23)19(33)15-31/h3-4,14,19,33H,1-2,5-13,15H2,(H,29,36)/t19-/m1/s1. The minimum absolute atomic E-state index is 0.0261. The van der Waals surface area contributed by atoms with Gasteiger partial charge in [-0.15, -0.1) is 5.06 Å². The fraction of sp³-hybridized carbons (Fsp3) is 0.625. The Hall–Kier alpha value is -2.57. The average molecular weight is 547 g/mol. The Labute approximate surface area is 217 Å². The van der Waals surface area contributed by atoms with Crippen molar-refractivity contribution < 1.29 is 37.5 Å². The van der Waals surface area contributed by atoms with Crippen LogP contribution in [0.2, 0.25) is 5.02 Å². The van der Waals surface area contributed by atoms with Crippen molar-refractivity contribution in [3.8, 4) is 0 Å². The van der Waals surface area contributed by atoms with Crippen LogP contribution in [0.15, 0.2) is 18.2 Å². The van der Waals surface area contributed by atoms with Crippen molar-refractivity contribution in [1.29, 1.82) is 0 Å². The van der Waals surface area contributed by atoms with Gasteiger partial charge in [0.2, 0.25) is 11.8 Å². The molecule has 2 aliphatic heterocycles. The molecular weight excluding hydrogens is 517 g/mol. The summed E-state index contributed by atoms with van der Waals surface area (Å²) in [5, 5.41) is 13.4. The Morgan fingerprint density at radius 1 is 1.16 bits per heavy atom. The first-order chi connectivity index (χ1) is 17.5. The van der Waals surface area contributed by atoms with Gasteiger partial charge in [-0.25, -0.2) is 4.79 Å². The summed E-state index contributed by atoms with van der Waals surface area (Å²) in [6.07, 6.45) is -2.23. The van der Waals surface area contributed by atoms with Gasteiger partial charge in [0.05, 0.1) is 23.2 Å². The number of anilines is 1. The van der Waals surface area contributed by atoms with Crippen LogP contribution in [-0.4, -0.2) is 83.2 Å². The third kappa shape index (κ3) is 6.85. The van der Waals surface area contributed by atoms with Crippen molar-refractivity contribution in [2.24, 2.45) is 5.41 Å². The summed E-state index contributed by atoms with van der Waals surface area (Å²) < 4.78 is 38.5.